The number of nitrogens with zero attached hydrogens (tertiary/aromatic N) is 3. The summed E-state index contributed by atoms with van der Waals surface area (Å²) < 4.78 is 0.765. The molecule has 122 valence electrons. The molecule has 2 aromatic carbocycles. The van der Waals surface area contributed by atoms with E-state index in [0.29, 0.717) is 16.5 Å². The molecule has 0 saturated heterocycles. The van der Waals surface area contributed by atoms with E-state index in [1.165, 1.54) is 0 Å². The van der Waals surface area contributed by atoms with Crippen LogP contribution in [0, 0.1) is 0 Å². The van der Waals surface area contributed by atoms with Crippen molar-refractivity contribution < 1.29 is 14.7 Å². The molecule has 0 bridgehead atoms. The minimum absolute atomic E-state index is 0.0701. The number of carbonyl (C=O) groups excluding carboxylic acids is 1. The summed E-state index contributed by atoms with van der Waals surface area (Å²) in [6.45, 7) is 0. The fourth-order valence-corrected chi connectivity index (χ4v) is 2.98. The highest BCUT2D eigenvalue weighted by molar-refractivity contribution is 6.11. The third-order valence-electron chi connectivity index (χ3n) is 4.07. The molecule has 25 heavy (non-hydrogen) atoms. The molecule has 3 N–H and O–H groups in total. The summed E-state index contributed by atoms with van der Waals surface area (Å²) in [6.07, 6.45) is 2.18. The SMILES string of the molecule is NC(=O)c1nn(C(=O)O)c2cccc(-c3ccc4ccncc4c3)c12. The van der Waals surface area contributed by atoms with E-state index in [9.17, 15) is 14.7 Å². The number of nitrogens with two attached hydrogens (primary N) is 1. The number of pyridine rings is 1. The number of primary amides is 1. The van der Waals surface area contributed by atoms with Crippen LogP contribution in [0.4, 0.5) is 4.79 Å². The van der Waals surface area contributed by atoms with E-state index >= 15 is 0 Å². The van der Waals surface area contributed by atoms with Crippen LogP contribution in [0.15, 0.2) is 54.9 Å². The van der Waals surface area contributed by atoms with Gasteiger partial charge in [0.2, 0.25) is 0 Å². The number of fused-ring (bicyclic) bond motifs is 2. The van der Waals surface area contributed by atoms with Gasteiger partial charge in [0.25, 0.3) is 5.91 Å². The van der Waals surface area contributed by atoms with Crippen molar-refractivity contribution >= 4 is 33.7 Å². The summed E-state index contributed by atoms with van der Waals surface area (Å²) in [5, 5.41) is 15.6. The molecule has 0 aliphatic rings. The van der Waals surface area contributed by atoms with E-state index in [0.717, 1.165) is 21.0 Å². The number of hydrogen-bond acceptors (Lipinski definition) is 4. The lowest BCUT2D eigenvalue weighted by Gasteiger charge is -2.06. The highest BCUT2D eigenvalue weighted by Gasteiger charge is 2.21. The first-order valence-corrected chi connectivity index (χ1v) is 7.45. The highest BCUT2D eigenvalue weighted by Crippen LogP contribution is 2.32. The van der Waals surface area contributed by atoms with Crippen LogP contribution < -0.4 is 5.73 Å². The van der Waals surface area contributed by atoms with Gasteiger partial charge in [-0.15, -0.1) is 0 Å². The molecule has 0 radical (unpaired) electrons. The molecule has 7 heteroatoms. The van der Waals surface area contributed by atoms with Gasteiger partial charge in [-0.05, 0) is 34.7 Å². The lowest BCUT2D eigenvalue weighted by molar-refractivity contribution is 0.0996. The molecule has 0 saturated carbocycles. The number of rotatable bonds is 2. The van der Waals surface area contributed by atoms with E-state index in [4.69, 9.17) is 5.73 Å². The van der Waals surface area contributed by atoms with Gasteiger partial charge in [-0.1, -0.05) is 24.3 Å². The van der Waals surface area contributed by atoms with Crippen LogP contribution in [-0.2, 0) is 0 Å². The fraction of sp³-hybridized carbons (Fsp3) is 0. The van der Waals surface area contributed by atoms with Crippen LogP contribution in [0.5, 0.6) is 0 Å². The number of carbonyl (C=O) groups is 2. The largest absolute Gasteiger partial charge is 0.463 e. The Morgan fingerprint density at radius 2 is 1.92 bits per heavy atom. The van der Waals surface area contributed by atoms with Crippen molar-refractivity contribution in [2.45, 2.75) is 0 Å². The fourth-order valence-electron chi connectivity index (χ4n) is 2.98. The van der Waals surface area contributed by atoms with Crippen LogP contribution in [0.25, 0.3) is 32.8 Å². The van der Waals surface area contributed by atoms with Gasteiger partial charge in [-0.25, -0.2) is 4.79 Å². The monoisotopic (exact) mass is 332 g/mol. The molecule has 2 heterocycles. The average Bonchev–Trinajstić information content (AvgIpc) is 3.01. The normalized spacial score (nSPS) is 11.0. The average molecular weight is 332 g/mol. The van der Waals surface area contributed by atoms with Gasteiger partial charge in [0.05, 0.1) is 5.52 Å². The maximum atomic E-state index is 11.8. The number of benzene rings is 2. The first kappa shape index (κ1) is 14.8. The molecule has 4 rings (SSSR count). The molecule has 4 aromatic rings. The van der Waals surface area contributed by atoms with Gasteiger partial charge in [0.1, 0.15) is 0 Å². The third-order valence-corrected chi connectivity index (χ3v) is 4.07. The van der Waals surface area contributed by atoms with Crippen molar-refractivity contribution in [3.05, 3.63) is 60.6 Å². The Kier molecular flexibility index (Phi) is 3.21. The Morgan fingerprint density at radius 1 is 1.08 bits per heavy atom. The molecule has 0 aliphatic heterocycles. The maximum absolute atomic E-state index is 11.8. The molecule has 0 unspecified atom stereocenters. The van der Waals surface area contributed by atoms with Gasteiger partial charge in [-0.2, -0.15) is 9.78 Å². The van der Waals surface area contributed by atoms with Gasteiger partial charge >= 0.3 is 6.09 Å². The zero-order chi connectivity index (χ0) is 17.6. The van der Waals surface area contributed by atoms with Crippen molar-refractivity contribution in [2.24, 2.45) is 5.73 Å². The first-order chi connectivity index (χ1) is 12.1. The molecule has 0 fully saturated rings. The predicted molar refractivity (Wildman–Crippen MR) is 92.4 cm³/mol. The van der Waals surface area contributed by atoms with Crippen LogP contribution in [0.2, 0.25) is 0 Å². The van der Waals surface area contributed by atoms with Gasteiger partial charge in [0.15, 0.2) is 5.69 Å². The van der Waals surface area contributed by atoms with E-state index in [1.807, 2.05) is 24.3 Å². The zero-order valence-corrected chi connectivity index (χ0v) is 12.9. The maximum Gasteiger partial charge on any atom is 0.432 e. The summed E-state index contributed by atoms with van der Waals surface area (Å²) in [6, 6.07) is 12.8. The zero-order valence-electron chi connectivity index (χ0n) is 12.9. The van der Waals surface area contributed by atoms with E-state index in [-0.39, 0.29) is 5.69 Å². The second-order valence-corrected chi connectivity index (χ2v) is 5.54. The molecule has 0 spiro atoms. The van der Waals surface area contributed by atoms with Crippen molar-refractivity contribution in [3.8, 4) is 11.1 Å². The summed E-state index contributed by atoms with van der Waals surface area (Å²) in [5.74, 6) is -0.778. The summed E-state index contributed by atoms with van der Waals surface area (Å²) in [7, 11) is 0. The number of aromatic nitrogens is 3. The summed E-state index contributed by atoms with van der Waals surface area (Å²) >= 11 is 0. The van der Waals surface area contributed by atoms with Crippen LogP contribution in [0.1, 0.15) is 10.5 Å². The van der Waals surface area contributed by atoms with Crippen molar-refractivity contribution in [1.82, 2.24) is 14.8 Å². The lowest BCUT2D eigenvalue weighted by Crippen LogP contribution is -2.15. The van der Waals surface area contributed by atoms with Crippen LogP contribution in [-0.4, -0.2) is 31.9 Å². The molecule has 0 atom stereocenters. The Labute approximate surface area is 141 Å². The van der Waals surface area contributed by atoms with Crippen molar-refractivity contribution in [1.29, 1.82) is 0 Å². The van der Waals surface area contributed by atoms with Crippen LogP contribution >= 0.6 is 0 Å². The minimum Gasteiger partial charge on any atom is -0.463 e. The Bertz CT molecular complexity index is 1160. The standard InChI is InChI=1S/C18H12N4O3/c19-17(23)16-15-13(2-1-3-14(15)22(21-16)18(24)25)11-5-4-10-6-7-20-9-12(10)8-11/h1-9H,(H2,19,23)(H,24,25). The van der Waals surface area contributed by atoms with E-state index < -0.39 is 12.0 Å². The minimum atomic E-state index is -1.28. The number of hydrogen-bond donors (Lipinski definition) is 2. The molecular formula is C18H12N4O3. The van der Waals surface area contributed by atoms with Gasteiger partial charge in [-0.3, -0.25) is 9.78 Å². The predicted octanol–water partition coefficient (Wildman–Crippen LogP) is 2.88. The molecule has 1 amide bonds. The highest BCUT2D eigenvalue weighted by atomic mass is 16.4. The lowest BCUT2D eigenvalue weighted by atomic mass is 9.98. The summed E-state index contributed by atoms with van der Waals surface area (Å²) in [5.41, 5.74) is 7.16. The van der Waals surface area contributed by atoms with Crippen LogP contribution in [0.3, 0.4) is 0 Å². The van der Waals surface area contributed by atoms with E-state index in [1.54, 1.807) is 30.6 Å². The Morgan fingerprint density at radius 3 is 2.68 bits per heavy atom. The first-order valence-electron chi connectivity index (χ1n) is 7.45. The number of carboxylic acid groups (broad SMARTS) is 1. The van der Waals surface area contributed by atoms with Crippen molar-refractivity contribution in [3.63, 3.8) is 0 Å². The van der Waals surface area contributed by atoms with E-state index in [2.05, 4.69) is 10.1 Å². The second kappa shape index (κ2) is 5.41. The second-order valence-electron chi connectivity index (χ2n) is 5.54. The topological polar surface area (TPSA) is 111 Å². The molecule has 2 aromatic heterocycles. The smallest absolute Gasteiger partial charge is 0.432 e. The summed E-state index contributed by atoms with van der Waals surface area (Å²) in [4.78, 5) is 27.3. The third kappa shape index (κ3) is 2.29. The van der Waals surface area contributed by atoms with Gasteiger partial charge < -0.3 is 10.8 Å². The molecule has 0 aliphatic carbocycles. The Hall–Kier alpha value is -3.74. The Balaban J connectivity index is 2.06. The number of amides is 1. The van der Waals surface area contributed by atoms with Gasteiger partial charge in [0, 0.05) is 23.2 Å². The molecular weight excluding hydrogens is 320 g/mol. The van der Waals surface area contributed by atoms with Crippen molar-refractivity contribution in [2.75, 3.05) is 0 Å². The molecule has 7 nitrogen and oxygen atoms in total. The quantitative estimate of drug-likeness (QED) is 0.586.